The maximum Gasteiger partial charge on any atom is 0.237 e. The third-order valence-corrected chi connectivity index (χ3v) is 6.61. The van der Waals surface area contributed by atoms with Gasteiger partial charge in [-0.1, -0.05) is 71.6 Å². The van der Waals surface area contributed by atoms with E-state index in [4.69, 9.17) is 12.2 Å². The van der Waals surface area contributed by atoms with Crippen molar-refractivity contribution in [1.29, 1.82) is 0 Å². The van der Waals surface area contributed by atoms with Crippen LogP contribution in [0.5, 0.6) is 0 Å². The van der Waals surface area contributed by atoms with Crippen LogP contribution in [0.2, 0.25) is 0 Å². The summed E-state index contributed by atoms with van der Waals surface area (Å²) in [6.45, 7) is 1.87. The largest absolute Gasteiger partial charge is 0.325 e. The minimum atomic E-state index is -0.295. The SMILES string of the molecule is CC(Sc1nn(-c2ccccc2)c(=S)s1)C(=O)Nc1ccc2ccccc2c1. The topological polar surface area (TPSA) is 46.9 Å². The first-order valence-corrected chi connectivity index (χ1v) is 10.8. The molecule has 0 aliphatic rings. The molecule has 0 bridgehead atoms. The van der Waals surface area contributed by atoms with Gasteiger partial charge in [0.25, 0.3) is 0 Å². The number of thioether (sulfide) groups is 1. The number of hydrogen-bond donors (Lipinski definition) is 1. The van der Waals surface area contributed by atoms with Gasteiger partial charge in [-0.05, 0) is 54.2 Å². The van der Waals surface area contributed by atoms with Crippen LogP contribution in [0.3, 0.4) is 0 Å². The number of aromatic nitrogens is 2. The van der Waals surface area contributed by atoms with Crippen molar-refractivity contribution in [1.82, 2.24) is 9.78 Å². The molecule has 0 saturated heterocycles. The van der Waals surface area contributed by atoms with E-state index in [1.54, 1.807) is 4.68 Å². The molecule has 1 unspecified atom stereocenters. The van der Waals surface area contributed by atoms with Crippen molar-refractivity contribution in [2.24, 2.45) is 0 Å². The molecule has 0 radical (unpaired) electrons. The standard InChI is InChI=1S/C21H17N3OS3/c1-14(19(25)22-17-12-11-15-7-5-6-8-16(15)13-17)27-20-23-24(21(26)28-20)18-9-3-2-4-10-18/h2-14H,1H3,(H,22,25). The molecule has 140 valence electrons. The van der Waals surface area contributed by atoms with Gasteiger partial charge < -0.3 is 5.32 Å². The molecule has 0 spiro atoms. The van der Waals surface area contributed by atoms with Gasteiger partial charge in [0.1, 0.15) is 0 Å². The zero-order chi connectivity index (χ0) is 19.5. The minimum absolute atomic E-state index is 0.0624. The minimum Gasteiger partial charge on any atom is -0.325 e. The highest BCUT2D eigenvalue weighted by Crippen LogP contribution is 2.28. The Morgan fingerprint density at radius 3 is 2.57 bits per heavy atom. The number of amides is 1. The summed E-state index contributed by atoms with van der Waals surface area (Å²) in [4.78, 5) is 12.6. The van der Waals surface area contributed by atoms with E-state index >= 15 is 0 Å². The molecule has 1 aromatic heterocycles. The number of benzene rings is 3. The molecule has 7 heteroatoms. The lowest BCUT2D eigenvalue weighted by Crippen LogP contribution is -2.22. The van der Waals surface area contributed by atoms with Crippen molar-refractivity contribution >= 4 is 57.7 Å². The van der Waals surface area contributed by atoms with E-state index in [-0.39, 0.29) is 11.2 Å². The van der Waals surface area contributed by atoms with E-state index in [0.29, 0.717) is 3.95 Å². The van der Waals surface area contributed by atoms with E-state index in [0.717, 1.165) is 26.5 Å². The number of carbonyl (C=O) groups is 1. The maximum absolute atomic E-state index is 12.6. The summed E-state index contributed by atoms with van der Waals surface area (Å²) in [6, 6.07) is 23.8. The number of carbonyl (C=O) groups excluding carboxylic acids is 1. The second-order valence-corrected chi connectivity index (χ2v) is 9.40. The molecule has 0 saturated carbocycles. The fourth-order valence-corrected chi connectivity index (χ4v) is 5.26. The number of nitrogens with one attached hydrogen (secondary N) is 1. The van der Waals surface area contributed by atoms with Crippen LogP contribution in [0.4, 0.5) is 5.69 Å². The molecule has 0 aliphatic heterocycles. The van der Waals surface area contributed by atoms with Crippen molar-refractivity contribution < 1.29 is 4.79 Å². The Hall–Kier alpha value is -2.48. The van der Waals surface area contributed by atoms with Gasteiger partial charge in [0.15, 0.2) is 8.29 Å². The Bertz CT molecular complexity index is 1180. The van der Waals surface area contributed by atoms with Crippen molar-refractivity contribution in [2.75, 3.05) is 5.32 Å². The van der Waals surface area contributed by atoms with Gasteiger partial charge in [0.2, 0.25) is 5.91 Å². The molecule has 0 aliphatic carbocycles. The second-order valence-electron chi connectivity index (χ2n) is 6.19. The van der Waals surface area contributed by atoms with Crippen LogP contribution in [0.1, 0.15) is 6.92 Å². The van der Waals surface area contributed by atoms with Crippen LogP contribution in [0.15, 0.2) is 77.1 Å². The van der Waals surface area contributed by atoms with Gasteiger partial charge in [-0.25, -0.2) is 4.68 Å². The summed E-state index contributed by atoms with van der Waals surface area (Å²) in [5.41, 5.74) is 1.71. The maximum atomic E-state index is 12.6. The molecular formula is C21H17N3OS3. The number of anilines is 1. The first-order valence-electron chi connectivity index (χ1n) is 8.72. The molecule has 1 N–H and O–H groups in total. The van der Waals surface area contributed by atoms with Gasteiger partial charge in [-0.3, -0.25) is 4.79 Å². The van der Waals surface area contributed by atoms with Crippen LogP contribution in [0.25, 0.3) is 16.5 Å². The smallest absolute Gasteiger partial charge is 0.237 e. The van der Waals surface area contributed by atoms with Gasteiger partial charge in [-0.2, -0.15) is 0 Å². The number of rotatable bonds is 5. The molecule has 1 amide bonds. The molecular weight excluding hydrogens is 406 g/mol. The highest BCUT2D eigenvalue weighted by Gasteiger charge is 2.18. The van der Waals surface area contributed by atoms with Gasteiger partial charge in [0.05, 0.1) is 10.9 Å². The second kappa shape index (κ2) is 8.26. The average molecular weight is 424 g/mol. The number of hydrogen-bond acceptors (Lipinski definition) is 5. The van der Waals surface area contributed by atoms with Crippen LogP contribution < -0.4 is 5.32 Å². The van der Waals surface area contributed by atoms with Crippen molar-refractivity contribution in [2.45, 2.75) is 16.5 Å². The van der Waals surface area contributed by atoms with Crippen LogP contribution in [-0.2, 0) is 4.79 Å². The van der Waals surface area contributed by atoms with Crippen molar-refractivity contribution in [3.63, 3.8) is 0 Å². The Balaban J connectivity index is 1.46. The predicted molar refractivity (Wildman–Crippen MR) is 120 cm³/mol. The summed E-state index contributed by atoms with van der Waals surface area (Å²) in [5, 5.41) is 9.51. The third-order valence-electron chi connectivity index (χ3n) is 4.19. The molecule has 28 heavy (non-hydrogen) atoms. The van der Waals surface area contributed by atoms with E-state index in [1.165, 1.54) is 23.1 Å². The molecule has 1 atom stereocenters. The third kappa shape index (κ3) is 4.16. The molecule has 4 aromatic rings. The lowest BCUT2D eigenvalue weighted by Gasteiger charge is -2.11. The van der Waals surface area contributed by atoms with Crippen LogP contribution in [0, 0.1) is 3.95 Å². The molecule has 1 heterocycles. The summed E-state index contributed by atoms with van der Waals surface area (Å²) < 4.78 is 3.17. The Kier molecular flexibility index (Phi) is 5.57. The summed E-state index contributed by atoms with van der Waals surface area (Å²) in [5.74, 6) is -0.0624. The number of fused-ring (bicyclic) bond motifs is 1. The summed E-state index contributed by atoms with van der Waals surface area (Å²) in [7, 11) is 0. The fourth-order valence-electron chi connectivity index (χ4n) is 2.76. The van der Waals surface area contributed by atoms with Crippen LogP contribution in [-0.4, -0.2) is 20.9 Å². The quantitative estimate of drug-likeness (QED) is 0.319. The Morgan fingerprint density at radius 1 is 1.07 bits per heavy atom. The number of para-hydroxylation sites is 1. The summed E-state index contributed by atoms with van der Waals surface area (Å²) >= 11 is 8.25. The van der Waals surface area contributed by atoms with Crippen molar-refractivity contribution in [3.05, 3.63) is 76.8 Å². The molecule has 0 fully saturated rings. The highest BCUT2D eigenvalue weighted by atomic mass is 32.2. The summed E-state index contributed by atoms with van der Waals surface area (Å²) in [6.07, 6.45) is 0. The zero-order valence-electron chi connectivity index (χ0n) is 15.0. The first kappa shape index (κ1) is 18.9. The Labute approximate surface area is 176 Å². The Morgan fingerprint density at radius 2 is 1.79 bits per heavy atom. The number of nitrogens with zero attached hydrogens (tertiary/aromatic N) is 2. The normalized spacial score (nSPS) is 12.0. The predicted octanol–water partition coefficient (Wildman–Crippen LogP) is 5.94. The van der Waals surface area contributed by atoms with E-state index in [9.17, 15) is 4.79 Å². The first-order chi connectivity index (χ1) is 13.6. The van der Waals surface area contributed by atoms with Gasteiger partial charge in [0, 0.05) is 5.69 Å². The van der Waals surface area contributed by atoms with Crippen LogP contribution >= 0.6 is 35.3 Å². The van der Waals surface area contributed by atoms with Crippen molar-refractivity contribution in [3.8, 4) is 5.69 Å². The average Bonchev–Trinajstić information content (AvgIpc) is 3.08. The fraction of sp³-hybridized carbons (Fsp3) is 0.0952. The van der Waals surface area contributed by atoms with Gasteiger partial charge in [-0.15, -0.1) is 5.10 Å². The molecule has 4 rings (SSSR count). The van der Waals surface area contributed by atoms with E-state index < -0.39 is 0 Å². The van der Waals surface area contributed by atoms with E-state index in [1.807, 2.05) is 73.7 Å². The monoisotopic (exact) mass is 423 g/mol. The lowest BCUT2D eigenvalue weighted by molar-refractivity contribution is -0.115. The van der Waals surface area contributed by atoms with E-state index in [2.05, 4.69) is 16.5 Å². The lowest BCUT2D eigenvalue weighted by atomic mass is 10.1. The zero-order valence-corrected chi connectivity index (χ0v) is 17.5. The highest BCUT2D eigenvalue weighted by molar-refractivity contribution is 8.02. The molecule has 4 nitrogen and oxygen atoms in total. The van der Waals surface area contributed by atoms with Gasteiger partial charge >= 0.3 is 0 Å². The molecule has 3 aromatic carbocycles.